The molecular weight excluding hydrogens is 406 g/mol. The van der Waals surface area contributed by atoms with Gasteiger partial charge in [0.25, 0.3) is 5.91 Å². The van der Waals surface area contributed by atoms with Crippen molar-refractivity contribution in [2.75, 3.05) is 0 Å². The maximum atomic E-state index is 13.0. The first-order valence-corrected chi connectivity index (χ1v) is 9.93. The zero-order valence-corrected chi connectivity index (χ0v) is 17.2. The third-order valence-corrected chi connectivity index (χ3v) is 5.23. The van der Waals surface area contributed by atoms with Gasteiger partial charge in [0.2, 0.25) is 0 Å². The molecule has 0 bridgehead atoms. The fourth-order valence-corrected chi connectivity index (χ4v) is 3.60. The number of nitrogens with one attached hydrogen (secondary N) is 2. The summed E-state index contributed by atoms with van der Waals surface area (Å²) in [6, 6.07) is 16.8. The summed E-state index contributed by atoms with van der Waals surface area (Å²) in [7, 11) is 0. The highest BCUT2D eigenvalue weighted by Gasteiger charge is 2.15. The van der Waals surface area contributed by atoms with Crippen molar-refractivity contribution in [1.29, 1.82) is 0 Å². The number of hydrogen-bond donors (Lipinski definition) is 2. The SMILES string of the molecule is CCn1c(CNC(=O)c2cc(-c3ccc(Cl)cc3)nc3ccccc23)n[nH]c1=S. The molecule has 0 atom stereocenters. The smallest absolute Gasteiger partial charge is 0.252 e. The lowest BCUT2D eigenvalue weighted by Crippen LogP contribution is -2.25. The molecule has 0 saturated heterocycles. The Bertz CT molecular complexity index is 1250. The lowest BCUT2D eigenvalue weighted by atomic mass is 10.0. The summed E-state index contributed by atoms with van der Waals surface area (Å²) in [5, 5.41) is 11.3. The van der Waals surface area contributed by atoms with Gasteiger partial charge in [0.1, 0.15) is 0 Å². The Hall–Kier alpha value is -3.03. The summed E-state index contributed by atoms with van der Waals surface area (Å²) in [6.07, 6.45) is 0. The number of halogens is 1. The number of hydrogen-bond acceptors (Lipinski definition) is 4. The Kier molecular flexibility index (Phi) is 5.42. The van der Waals surface area contributed by atoms with Crippen LogP contribution in [0.25, 0.3) is 22.2 Å². The molecule has 29 heavy (non-hydrogen) atoms. The van der Waals surface area contributed by atoms with Crippen molar-refractivity contribution in [3.63, 3.8) is 0 Å². The minimum Gasteiger partial charge on any atom is -0.345 e. The summed E-state index contributed by atoms with van der Waals surface area (Å²) >= 11 is 11.2. The monoisotopic (exact) mass is 423 g/mol. The summed E-state index contributed by atoms with van der Waals surface area (Å²) in [6.45, 7) is 2.93. The van der Waals surface area contributed by atoms with E-state index in [0.29, 0.717) is 33.4 Å². The van der Waals surface area contributed by atoms with Gasteiger partial charge >= 0.3 is 0 Å². The molecule has 4 rings (SSSR count). The van der Waals surface area contributed by atoms with Crippen LogP contribution in [-0.4, -0.2) is 25.7 Å². The van der Waals surface area contributed by atoms with E-state index in [9.17, 15) is 4.79 Å². The Morgan fingerprint density at radius 3 is 2.72 bits per heavy atom. The molecule has 0 radical (unpaired) electrons. The van der Waals surface area contributed by atoms with Crippen molar-refractivity contribution in [1.82, 2.24) is 25.1 Å². The molecule has 0 aliphatic heterocycles. The lowest BCUT2D eigenvalue weighted by molar-refractivity contribution is 0.0951. The third-order valence-electron chi connectivity index (χ3n) is 4.66. The average Bonchev–Trinajstić information content (AvgIpc) is 3.11. The highest BCUT2D eigenvalue weighted by Crippen LogP contribution is 2.26. The van der Waals surface area contributed by atoms with Crippen molar-refractivity contribution < 1.29 is 4.79 Å². The van der Waals surface area contributed by atoms with Gasteiger partial charge in [0, 0.05) is 22.5 Å². The average molecular weight is 424 g/mol. The molecule has 0 aliphatic carbocycles. The second-order valence-corrected chi connectivity index (χ2v) is 7.27. The molecule has 0 spiro atoms. The number of para-hydroxylation sites is 1. The van der Waals surface area contributed by atoms with Gasteiger partial charge in [-0.25, -0.2) is 4.98 Å². The maximum absolute atomic E-state index is 13.0. The topological polar surface area (TPSA) is 75.6 Å². The molecule has 6 nitrogen and oxygen atoms in total. The molecule has 146 valence electrons. The van der Waals surface area contributed by atoms with Crippen molar-refractivity contribution in [3.05, 3.63) is 75.8 Å². The van der Waals surface area contributed by atoms with E-state index in [1.807, 2.05) is 47.9 Å². The molecule has 0 aliphatic rings. The van der Waals surface area contributed by atoms with Crippen molar-refractivity contribution in [2.24, 2.45) is 0 Å². The van der Waals surface area contributed by atoms with Gasteiger partial charge < -0.3 is 9.88 Å². The van der Waals surface area contributed by atoms with Gasteiger partial charge in [0.15, 0.2) is 10.6 Å². The minimum atomic E-state index is -0.199. The molecule has 2 N–H and O–H groups in total. The zero-order valence-electron chi connectivity index (χ0n) is 15.6. The number of pyridine rings is 1. The number of H-pyrrole nitrogens is 1. The fourth-order valence-electron chi connectivity index (χ4n) is 3.20. The van der Waals surface area contributed by atoms with Gasteiger partial charge in [-0.15, -0.1) is 0 Å². The lowest BCUT2D eigenvalue weighted by Gasteiger charge is -2.11. The van der Waals surface area contributed by atoms with Gasteiger partial charge in [-0.1, -0.05) is 41.9 Å². The van der Waals surface area contributed by atoms with Crippen LogP contribution in [0.4, 0.5) is 0 Å². The van der Waals surface area contributed by atoms with Crippen LogP contribution in [0.1, 0.15) is 23.1 Å². The highest BCUT2D eigenvalue weighted by atomic mass is 35.5. The van der Waals surface area contributed by atoms with Crippen LogP contribution in [0.3, 0.4) is 0 Å². The predicted octanol–water partition coefficient (Wildman–Crippen LogP) is 4.76. The van der Waals surface area contributed by atoms with E-state index in [4.69, 9.17) is 28.8 Å². The van der Waals surface area contributed by atoms with Crippen LogP contribution in [0, 0.1) is 4.77 Å². The van der Waals surface area contributed by atoms with Crippen LogP contribution in [0.5, 0.6) is 0 Å². The Labute approximate surface area is 177 Å². The van der Waals surface area contributed by atoms with Crippen molar-refractivity contribution >= 4 is 40.6 Å². The molecule has 4 aromatic rings. The summed E-state index contributed by atoms with van der Waals surface area (Å²) in [5.41, 5.74) is 2.90. The molecule has 2 aromatic heterocycles. The molecular formula is C21H18ClN5OS. The van der Waals surface area contributed by atoms with Crippen LogP contribution >= 0.6 is 23.8 Å². The molecule has 1 amide bonds. The van der Waals surface area contributed by atoms with E-state index in [2.05, 4.69) is 15.5 Å². The molecule has 8 heteroatoms. The Morgan fingerprint density at radius 2 is 1.97 bits per heavy atom. The first kappa shape index (κ1) is 19.3. The van der Waals surface area contributed by atoms with Crippen molar-refractivity contribution in [2.45, 2.75) is 20.0 Å². The summed E-state index contributed by atoms with van der Waals surface area (Å²) in [5.74, 6) is 0.484. The Balaban J connectivity index is 1.70. The van der Waals surface area contributed by atoms with Gasteiger partial charge in [0.05, 0.1) is 23.3 Å². The number of fused-ring (bicyclic) bond motifs is 1. The van der Waals surface area contributed by atoms with Gasteiger partial charge in [-0.05, 0) is 43.4 Å². The highest BCUT2D eigenvalue weighted by molar-refractivity contribution is 7.71. The van der Waals surface area contributed by atoms with E-state index in [1.165, 1.54) is 0 Å². The first-order chi connectivity index (χ1) is 14.1. The van der Waals surface area contributed by atoms with Gasteiger partial charge in [-0.3, -0.25) is 9.89 Å². The predicted molar refractivity (Wildman–Crippen MR) is 116 cm³/mol. The fraction of sp³-hybridized carbons (Fsp3) is 0.143. The zero-order chi connectivity index (χ0) is 20.4. The van der Waals surface area contributed by atoms with E-state index in [-0.39, 0.29) is 12.5 Å². The van der Waals surface area contributed by atoms with E-state index < -0.39 is 0 Å². The molecule has 0 unspecified atom stereocenters. The summed E-state index contributed by atoms with van der Waals surface area (Å²) in [4.78, 5) is 17.8. The van der Waals surface area contributed by atoms with Crippen LogP contribution in [0.2, 0.25) is 5.02 Å². The van der Waals surface area contributed by atoms with Gasteiger partial charge in [-0.2, -0.15) is 5.10 Å². The molecule has 2 aromatic carbocycles. The van der Waals surface area contributed by atoms with Crippen LogP contribution in [0.15, 0.2) is 54.6 Å². The Morgan fingerprint density at radius 1 is 1.21 bits per heavy atom. The number of nitrogens with zero attached hydrogens (tertiary/aromatic N) is 3. The number of amides is 1. The number of aromatic amines is 1. The number of aromatic nitrogens is 4. The number of carbonyl (C=O) groups excluding carboxylic acids is 1. The second-order valence-electron chi connectivity index (χ2n) is 6.45. The normalized spacial score (nSPS) is 11.0. The van der Waals surface area contributed by atoms with Crippen LogP contribution < -0.4 is 5.32 Å². The van der Waals surface area contributed by atoms with Crippen molar-refractivity contribution in [3.8, 4) is 11.3 Å². The third kappa shape index (κ3) is 3.92. The largest absolute Gasteiger partial charge is 0.345 e. The quantitative estimate of drug-likeness (QED) is 0.454. The number of rotatable bonds is 5. The van der Waals surface area contributed by atoms with E-state index in [1.54, 1.807) is 18.2 Å². The van der Waals surface area contributed by atoms with Crippen LogP contribution in [-0.2, 0) is 13.1 Å². The van der Waals surface area contributed by atoms with E-state index >= 15 is 0 Å². The first-order valence-electron chi connectivity index (χ1n) is 9.15. The second kappa shape index (κ2) is 8.14. The molecule has 0 fully saturated rings. The molecule has 0 saturated carbocycles. The summed E-state index contributed by atoms with van der Waals surface area (Å²) < 4.78 is 2.38. The number of benzene rings is 2. The standard InChI is InChI=1S/C21H18ClN5OS/c1-2-27-19(25-26-21(27)29)12-23-20(28)16-11-18(13-7-9-14(22)10-8-13)24-17-6-4-3-5-15(16)17/h3-11H,2,12H2,1H3,(H,23,28)(H,26,29). The van der Waals surface area contributed by atoms with E-state index in [0.717, 1.165) is 16.5 Å². The minimum absolute atomic E-state index is 0.199. The number of carbonyl (C=O) groups is 1. The molecule has 2 heterocycles. The maximum Gasteiger partial charge on any atom is 0.252 e.